The van der Waals surface area contributed by atoms with Crippen molar-refractivity contribution in [3.05, 3.63) is 12.2 Å². The third-order valence-electron chi connectivity index (χ3n) is 14.5. The second-order valence-corrected chi connectivity index (χ2v) is 17.4. The Morgan fingerprint density at radius 1 is 1.13 bits per heavy atom. The van der Waals surface area contributed by atoms with Gasteiger partial charge in [0.25, 0.3) is 0 Å². The van der Waals surface area contributed by atoms with Crippen LogP contribution in [0.25, 0.3) is 0 Å². The SMILES string of the molecule is C=C(C)CCCC(C)C1C(OC)C(=O)C2C3CCC4C(C)(C)C(OC5CN(CC(=O)N(C)C)CCO5)CCC45CC35CCC21C. The first-order valence-electron chi connectivity index (χ1n) is 18.1. The van der Waals surface area contributed by atoms with Gasteiger partial charge in [-0.25, -0.2) is 0 Å². The molecule has 0 aromatic rings. The molecule has 0 aromatic heterocycles. The normalized spacial score (nSPS) is 44.3. The zero-order valence-corrected chi connectivity index (χ0v) is 29.7. The van der Waals surface area contributed by atoms with Crippen molar-refractivity contribution in [3.63, 3.8) is 0 Å². The van der Waals surface area contributed by atoms with E-state index in [9.17, 15) is 9.59 Å². The van der Waals surface area contributed by atoms with Gasteiger partial charge < -0.3 is 19.1 Å². The van der Waals surface area contributed by atoms with Crippen LogP contribution in [0.5, 0.6) is 0 Å². The molecule has 5 saturated carbocycles. The highest BCUT2D eigenvalue weighted by Crippen LogP contribution is 2.87. The maximum Gasteiger partial charge on any atom is 0.236 e. The number of methoxy groups -OCH3 is 1. The van der Waals surface area contributed by atoms with Gasteiger partial charge in [-0.2, -0.15) is 0 Å². The van der Waals surface area contributed by atoms with Gasteiger partial charge in [0.1, 0.15) is 6.10 Å². The van der Waals surface area contributed by atoms with E-state index in [0.29, 0.717) is 60.0 Å². The van der Waals surface area contributed by atoms with Crippen molar-refractivity contribution in [2.24, 2.45) is 51.2 Å². The zero-order chi connectivity index (χ0) is 32.5. The maximum absolute atomic E-state index is 14.4. The third-order valence-corrected chi connectivity index (χ3v) is 14.5. The number of allylic oxidation sites excluding steroid dienone is 1. The summed E-state index contributed by atoms with van der Waals surface area (Å²) in [5, 5.41) is 0. The quantitative estimate of drug-likeness (QED) is 0.263. The Hall–Kier alpha value is -1.28. The summed E-state index contributed by atoms with van der Waals surface area (Å²) in [6, 6.07) is 0. The summed E-state index contributed by atoms with van der Waals surface area (Å²) in [7, 11) is 5.40. The van der Waals surface area contributed by atoms with E-state index < -0.39 is 0 Å². The monoisotopic (exact) mass is 626 g/mol. The summed E-state index contributed by atoms with van der Waals surface area (Å²) in [5.41, 5.74) is 1.96. The summed E-state index contributed by atoms with van der Waals surface area (Å²) in [6.45, 7) is 18.4. The number of amides is 1. The summed E-state index contributed by atoms with van der Waals surface area (Å²) in [4.78, 5) is 30.6. The number of hydrogen-bond acceptors (Lipinski definition) is 6. The summed E-state index contributed by atoms with van der Waals surface area (Å²) in [5.74, 6) is 2.54. The number of Topliss-reactive ketones (excluding diaryl/α,β-unsaturated/α-hetero) is 1. The van der Waals surface area contributed by atoms with Crippen molar-refractivity contribution >= 4 is 11.7 Å². The number of ketones is 1. The van der Waals surface area contributed by atoms with E-state index in [1.54, 1.807) is 12.0 Å². The Bertz CT molecular complexity index is 1170. The second-order valence-electron chi connectivity index (χ2n) is 17.4. The molecule has 11 unspecified atom stereocenters. The van der Waals surface area contributed by atoms with Crippen LogP contribution in [0.2, 0.25) is 0 Å². The standard InChI is InChI=1S/C38H62N2O5/c1-24(2)11-10-12-25(3)31-34(43-9)33(42)32-26-13-14-27-35(4,5)28(15-16-38(27)23-37(26,38)18-17-36(31,32)6)45-30-22-40(19-20-44-30)21-29(41)39(7)8/h25-28,30-32,34H,1,10-23H2,2-9H3. The number of rotatable bonds is 10. The fourth-order valence-electron chi connectivity index (χ4n) is 12.5. The van der Waals surface area contributed by atoms with Crippen molar-refractivity contribution < 1.29 is 23.8 Å². The maximum atomic E-state index is 14.4. The van der Waals surface area contributed by atoms with Crippen molar-refractivity contribution in [2.75, 3.05) is 47.4 Å². The Kier molecular flexibility index (Phi) is 8.96. The summed E-state index contributed by atoms with van der Waals surface area (Å²) in [6.07, 6.45) is 11.2. The number of carbonyl (C=O) groups excluding carboxylic acids is 2. The summed E-state index contributed by atoms with van der Waals surface area (Å²) >= 11 is 0. The van der Waals surface area contributed by atoms with Crippen LogP contribution in [-0.4, -0.2) is 87.4 Å². The molecule has 1 heterocycles. The van der Waals surface area contributed by atoms with Gasteiger partial charge in [0.2, 0.25) is 5.91 Å². The number of ether oxygens (including phenoxy) is 3. The molecule has 6 aliphatic rings. The highest BCUT2D eigenvalue weighted by Gasteiger charge is 2.81. The van der Waals surface area contributed by atoms with Crippen LogP contribution in [0.1, 0.15) is 98.8 Å². The van der Waals surface area contributed by atoms with Gasteiger partial charge in [-0.1, -0.05) is 39.7 Å². The minimum absolute atomic E-state index is 0.0287. The van der Waals surface area contributed by atoms with E-state index in [1.165, 1.54) is 31.3 Å². The van der Waals surface area contributed by atoms with Gasteiger partial charge in [-0.15, -0.1) is 6.58 Å². The van der Waals surface area contributed by atoms with Crippen molar-refractivity contribution in [3.8, 4) is 0 Å². The fraction of sp³-hybridized carbons (Fsp3) is 0.895. The van der Waals surface area contributed by atoms with Gasteiger partial charge in [-0.3, -0.25) is 14.5 Å². The lowest BCUT2D eigenvalue weighted by atomic mass is 9.46. The topological polar surface area (TPSA) is 68.3 Å². The number of carbonyl (C=O) groups is 2. The molecule has 2 spiro atoms. The van der Waals surface area contributed by atoms with E-state index in [4.69, 9.17) is 14.2 Å². The van der Waals surface area contributed by atoms with E-state index in [-0.39, 0.29) is 41.2 Å². The van der Waals surface area contributed by atoms with E-state index in [2.05, 4.69) is 46.1 Å². The molecule has 6 rings (SSSR count). The molecule has 1 amide bonds. The fourth-order valence-corrected chi connectivity index (χ4v) is 12.5. The first kappa shape index (κ1) is 33.6. The molecular weight excluding hydrogens is 564 g/mol. The van der Waals surface area contributed by atoms with E-state index >= 15 is 0 Å². The van der Waals surface area contributed by atoms with Crippen LogP contribution in [0, 0.1) is 51.2 Å². The predicted molar refractivity (Wildman–Crippen MR) is 176 cm³/mol. The van der Waals surface area contributed by atoms with E-state index in [1.807, 2.05) is 14.1 Å². The van der Waals surface area contributed by atoms with Crippen LogP contribution in [0.15, 0.2) is 12.2 Å². The molecule has 1 saturated heterocycles. The Morgan fingerprint density at radius 2 is 1.89 bits per heavy atom. The molecule has 0 radical (unpaired) electrons. The lowest BCUT2D eigenvalue weighted by Crippen LogP contribution is -2.57. The van der Waals surface area contributed by atoms with Gasteiger partial charge in [0.15, 0.2) is 12.1 Å². The lowest BCUT2D eigenvalue weighted by molar-refractivity contribution is -0.245. The molecule has 7 heteroatoms. The molecule has 0 N–H and O–H groups in total. The van der Waals surface area contributed by atoms with Crippen molar-refractivity contribution in [2.45, 2.75) is 117 Å². The first-order valence-corrected chi connectivity index (χ1v) is 18.1. The number of likely N-dealkylation sites (N-methyl/N-ethyl adjacent to an activating group) is 1. The number of fused-ring (bicyclic) bond motifs is 2. The average molecular weight is 627 g/mol. The van der Waals surface area contributed by atoms with E-state index in [0.717, 1.165) is 45.1 Å². The molecule has 7 nitrogen and oxygen atoms in total. The van der Waals surface area contributed by atoms with Gasteiger partial charge in [0, 0.05) is 39.6 Å². The van der Waals surface area contributed by atoms with Gasteiger partial charge in [0.05, 0.1) is 25.8 Å². The Morgan fingerprint density at radius 3 is 2.58 bits per heavy atom. The predicted octanol–water partition coefficient (Wildman–Crippen LogP) is 6.35. The molecule has 1 aliphatic heterocycles. The molecule has 0 bridgehead atoms. The van der Waals surface area contributed by atoms with Crippen LogP contribution in [-0.2, 0) is 23.8 Å². The molecule has 6 fully saturated rings. The molecule has 254 valence electrons. The minimum atomic E-state index is -0.289. The minimum Gasteiger partial charge on any atom is -0.373 e. The highest BCUT2D eigenvalue weighted by atomic mass is 16.7. The van der Waals surface area contributed by atoms with Crippen LogP contribution >= 0.6 is 0 Å². The smallest absolute Gasteiger partial charge is 0.236 e. The average Bonchev–Trinajstić information content (AvgIpc) is 3.58. The van der Waals surface area contributed by atoms with Crippen molar-refractivity contribution in [1.29, 1.82) is 0 Å². The summed E-state index contributed by atoms with van der Waals surface area (Å²) < 4.78 is 19.0. The van der Waals surface area contributed by atoms with Crippen LogP contribution in [0.3, 0.4) is 0 Å². The van der Waals surface area contributed by atoms with Crippen molar-refractivity contribution in [1.82, 2.24) is 9.80 Å². The molecule has 5 aliphatic carbocycles. The molecule has 45 heavy (non-hydrogen) atoms. The molecule has 11 atom stereocenters. The van der Waals surface area contributed by atoms with Gasteiger partial charge >= 0.3 is 0 Å². The van der Waals surface area contributed by atoms with Crippen LogP contribution < -0.4 is 0 Å². The third kappa shape index (κ3) is 5.29. The molecular formula is C38H62N2O5. The highest BCUT2D eigenvalue weighted by molar-refractivity contribution is 5.90. The number of hydrogen-bond donors (Lipinski definition) is 0. The Balaban J connectivity index is 1.16. The Labute approximate surface area is 273 Å². The largest absolute Gasteiger partial charge is 0.373 e. The van der Waals surface area contributed by atoms with Crippen LogP contribution in [0.4, 0.5) is 0 Å². The number of morpholine rings is 1. The zero-order valence-electron chi connectivity index (χ0n) is 29.7. The molecule has 0 aromatic carbocycles. The lowest BCUT2D eigenvalue weighted by Gasteiger charge is -2.59. The first-order chi connectivity index (χ1) is 21.2. The number of nitrogens with zero attached hydrogens (tertiary/aromatic N) is 2. The second kappa shape index (κ2) is 12.0. The van der Waals surface area contributed by atoms with Gasteiger partial charge in [-0.05, 0) is 104 Å².